The Balaban J connectivity index is 3.10. The average Bonchev–Trinajstić information content (AvgIpc) is 2.30. The van der Waals surface area contributed by atoms with E-state index in [0.29, 0.717) is 0 Å². The van der Waals surface area contributed by atoms with Gasteiger partial charge in [0.2, 0.25) is 5.69 Å². The molecule has 0 saturated carbocycles. The van der Waals surface area contributed by atoms with Gasteiger partial charge in [0.05, 0.1) is 7.11 Å². The van der Waals surface area contributed by atoms with Gasteiger partial charge in [-0.1, -0.05) is 5.16 Å². The first kappa shape index (κ1) is 8.06. The van der Waals surface area contributed by atoms with Crippen LogP contribution in [0.2, 0.25) is 0 Å². The highest BCUT2D eigenvalue weighted by Gasteiger charge is 2.19. The number of carboxylic acid groups (broad SMARTS) is 1. The second kappa shape index (κ2) is 2.91. The minimum absolute atomic E-state index is 0.0578. The molecule has 6 heteroatoms. The fraction of sp³-hybridized carbons (Fsp3) is 0.200. The fourth-order valence-electron chi connectivity index (χ4n) is 0.524. The van der Waals surface area contributed by atoms with E-state index in [-0.39, 0.29) is 16.1 Å². The second-order valence-electron chi connectivity index (χ2n) is 1.64. The first-order valence-electron chi connectivity index (χ1n) is 2.59. The van der Waals surface area contributed by atoms with Crippen LogP contribution in [0, 0.1) is 0 Å². The Morgan fingerprint density at radius 2 is 2.45 bits per heavy atom. The fourth-order valence-corrected chi connectivity index (χ4v) is 1.000. The van der Waals surface area contributed by atoms with E-state index in [4.69, 9.17) is 5.11 Å². The van der Waals surface area contributed by atoms with Crippen molar-refractivity contribution in [1.82, 2.24) is 5.16 Å². The molecule has 1 rings (SSSR count). The molecule has 0 unspecified atom stereocenters. The van der Waals surface area contributed by atoms with Crippen LogP contribution >= 0.6 is 15.9 Å². The van der Waals surface area contributed by atoms with E-state index in [1.165, 1.54) is 7.11 Å². The zero-order valence-electron chi connectivity index (χ0n) is 5.50. The molecule has 1 N–H and O–H groups in total. The number of aromatic carboxylic acids is 1. The molecule has 1 aromatic heterocycles. The Labute approximate surface area is 70.1 Å². The normalized spacial score (nSPS) is 9.64. The van der Waals surface area contributed by atoms with Gasteiger partial charge < -0.3 is 14.4 Å². The Kier molecular flexibility index (Phi) is 2.13. The summed E-state index contributed by atoms with van der Waals surface area (Å²) in [6.07, 6.45) is 0. The van der Waals surface area contributed by atoms with Gasteiger partial charge in [-0.3, -0.25) is 0 Å². The number of carbonyl (C=O) groups is 1. The summed E-state index contributed by atoms with van der Waals surface area (Å²) in [4.78, 5) is 10.3. The van der Waals surface area contributed by atoms with Crippen molar-refractivity contribution in [3.63, 3.8) is 0 Å². The van der Waals surface area contributed by atoms with E-state index in [1.807, 2.05) is 0 Å². The highest BCUT2D eigenvalue weighted by atomic mass is 79.9. The molecule has 1 aromatic rings. The molecule has 0 saturated heterocycles. The van der Waals surface area contributed by atoms with Crippen LogP contribution in [0.4, 0.5) is 0 Å². The van der Waals surface area contributed by atoms with Crippen LogP contribution in [-0.2, 0) is 0 Å². The van der Waals surface area contributed by atoms with Gasteiger partial charge in [-0.2, -0.15) is 0 Å². The van der Waals surface area contributed by atoms with E-state index < -0.39 is 5.97 Å². The van der Waals surface area contributed by atoms with Gasteiger partial charge in [-0.05, 0) is 15.9 Å². The summed E-state index contributed by atoms with van der Waals surface area (Å²) in [7, 11) is 1.36. The summed E-state index contributed by atoms with van der Waals surface area (Å²) in [5, 5.41) is 11.7. The van der Waals surface area contributed by atoms with Crippen molar-refractivity contribution in [1.29, 1.82) is 0 Å². The van der Waals surface area contributed by atoms with Crippen LogP contribution in [0.3, 0.4) is 0 Å². The average molecular weight is 222 g/mol. The number of hydrogen-bond donors (Lipinski definition) is 1. The largest absolute Gasteiger partial charge is 0.476 e. The molecule has 60 valence electrons. The van der Waals surface area contributed by atoms with Crippen LogP contribution in [-0.4, -0.2) is 23.3 Å². The Bertz CT molecular complexity index is 282. The van der Waals surface area contributed by atoms with Gasteiger partial charge in [0.1, 0.15) is 4.47 Å². The predicted molar refractivity (Wildman–Crippen MR) is 37.7 cm³/mol. The maximum absolute atomic E-state index is 10.3. The Morgan fingerprint density at radius 3 is 2.73 bits per heavy atom. The summed E-state index contributed by atoms with van der Waals surface area (Å²) >= 11 is 2.95. The molecule has 11 heavy (non-hydrogen) atoms. The van der Waals surface area contributed by atoms with Gasteiger partial charge in [0, 0.05) is 0 Å². The molecule has 0 amide bonds. The first-order chi connectivity index (χ1) is 5.16. The number of halogens is 1. The van der Waals surface area contributed by atoms with E-state index in [1.54, 1.807) is 0 Å². The maximum atomic E-state index is 10.3. The van der Waals surface area contributed by atoms with Crippen LogP contribution in [0.5, 0.6) is 5.95 Å². The quantitative estimate of drug-likeness (QED) is 0.812. The third-order valence-electron chi connectivity index (χ3n) is 0.995. The molecule has 0 aliphatic heterocycles. The number of aromatic nitrogens is 1. The molecule has 0 aliphatic carbocycles. The second-order valence-corrected chi connectivity index (χ2v) is 2.43. The lowest BCUT2D eigenvalue weighted by Crippen LogP contribution is -1.96. The Hall–Kier alpha value is -1.04. The zero-order chi connectivity index (χ0) is 8.43. The molecule has 5 nitrogen and oxygen atoms in total. The molecular weight excluding hydrogens is 218 g/mol. The van der Waals surface area contributed by atoms with Crippen LogP contribution < -0.4 is 4.74 Å². The zero-order valence-corrected chi connectivity index (χ0v) is 7.08. The minimum atomic E-state index is -1.16. The summed E-state index contributed by atoms with van der Waals surface area (Å²) in [5.74, 6) is -1.11. The smallest absolute Gasteiger partial charge is 0.359 e. The van der Waals surface area contributed by atoms with E-state index in [9.17, 15) is 4.79 Å². The number of carboxylic acids is 1. The lowest BCUT2D eigenvalue weighted by atomic mass is 10.4. The summed E-state index contributed by atoms with van der Waals surface area (Å²) in [5.41, 5.74) is -0.193. The van der Waals surface area contributed by atoms with Gasteiger partial charge in [0.15, 0.2) is 0 Å². The van der Waals surface area contributed by atoms with Crippen molar-refractivity contribution >= 4 is 21.9 Å². The number of ether oxygens (including phenoxy) is 1. The molecule has 0 aromatic carbocycles. The summed E-state index contributed by atoms with van der Waals surface area (Å²) in [6.45, 7) is 0. The molecule has 0 radical (unpaired) electrons. The molecule has 1 heterocycles. The number of hydrogen-bond acceptors (Lipinski definition) is 4. The van der Waals surface area contributed by atoms with Gasteiger partial charge in [-0.25, -0.2) is 4.79 Å². The van der Waals surface area contributed by atoms with Gasteiger partial charge in [0.25, 0.3) is 0 Å². The molecule has 0 spiro atoms. The van der Waals surface area contributed by atoms with Crippen molar-refractivity contribution in [2.45, 2.75) is 0 Å². The van der Waals surface area contributed by atoms with Crippen molar-refractivity contribution in [3.8, 4) is 5.95 Å². The SMILES string of the molecule is COc1onc(C(=O)O)c1Br. The van der Waals surface area contributed by atoms with E-state index >= 15 is 0 Å². The van der Waals surface area contributed by atoms with Crippen LogP contribution in [0.25, 0.3) is 0 Å². The predicted octanol–water partition coefficient (Wildman–Crippen LogP) is 1.14. The maximum Gasteiger partial charge on any atom is 0.359 e. The summed E-state index contributed by atoms with van der Waals surface area (Å²) in [6, 6.07) is 0. The third kappa shape index (κ3) is 1.35. The summed E-state index contributed by atoms with van der Waals surface area (Å²) < 4.78 is 9.36. The molecular formula is C5H4BrNO4. The van der Waals surface area contributed by atoms with Crippen molar-refractivity contribution in [2.24, 2.45) is 0 Å². The number of rotatable bonds is 2. The molecule has 0 aliphatic rings. The molecule has 0 bridgehead atoms. The third-order valence-corrected chi connectivity index (χ3v) is 1.69. The Morgan fingerprint density at radius 1 is 1.82 bits per heavy atom. The van der Waals surface area contributed by atoms with Crippen molar-refractivity contribution in [2.75, 3.05) is 7.11 Å². The van der Waals surface area contributed by atoms with Crippen molar-refractivity contribution < 1.29 is 19.2 Å². The standard InChI is InChI=1S/C5H4BrNO4/c1-10-5-2(6)3(4(8)9)7-11-5/h1H3,(H,8,9). The van der Waals surface area contributed by atoms with Crippen LogP contribution in [0.1, 0.15) is 10.5 Å². The topological polar surface area (TPSA) is 72.6 Å². The van der Waals surface area contributed by atoms with Gasteiger partial charge in [-0.15, -0.1) is 0 Å². The van der Waals surface area contributed by atoms with E-state index in [0.717, 1.165) is 0 Å². The van der Waals surface area contributed by atoms with E-state index in [2.05, 4.69) is 30.3 Å². The molecule has 0 fully saturated rings. The van der Waals surface area contributed by atoms with Crippen molar-refractivity contribution in [3.05, 3.63) is 10.2 Å². The number of nitrogens with zero attached hydrogens (tertiary/aromatic N) is 1. The number of methoxy groups -OCH3 is 1. The lowest BCUT2D eigenvalue weighted by Gasteiger charge is -1.89. The highest BCUT2D eigenvalue weighted by molar-refractivity contribution is 9.10. The molecule has 0 atom stereocenters. The lowest BCUT2D eigenvalue weighted by molar-refractivity contribution is 0.0684. The first-order valence-corrected chi connectivity index (χ1v) is 3.38. The minimum Gasteiger partial charge on any atom is -0.476 e. The van der Waals surface area contributed by atoms with Crippen LogP contribution in [0.15, 0.2) is 9.00 Å². The highest BCUT2D eigenvalue weighted by Crippen LogP contribution is 2.27. The monoisotopic (exact) mass is 221 g/mol. The van der Waals surface area contributed by atoms with Gasteiger partial charge >= 0.3 is 11.9 Å².